The average Bonchev–Trinajstić information content (AvgIpc) is 3.99. The summed E-state index contributed by atoms with van der Waals surface area (Å²) in [4.78, 5) is 82.7. The van der Waals surface area contributed by atoms with Gasteiger partial charge < -0.3 is 20.2 Å². The molecule has 16 heteroatoms. The lowest BCUT2D eigenvalue weighted by molar-refractivity contribution is -0.138. The van der Waals surface area contributed by atoms with Gasteiger partial charge in [-0.2, -0.15) is 0 Å². The van der Waals surface area contributed by atoms with Gasteiger partial charge in [-0.1, -0.05) is 18.2 Å². The van der Waals surface area contributed by atoms with Crippen LogP contribution in [0.4, 0.5) is 0 Å². The molecule has 3 aromatic rings. The number of carboxylic acids is 1. The molecule has 15 nitrogen and oxygen atoms in total. The van der Waals surface area contributed by atoms with Crippen molar-refractivity contribution in [2.45, 2.75) is 133 Å². The van der Waals surface area contributed by atoms with Gasteiger partial charge in [0, 0.05) is 77.0 Å². The minimum absolute atomic E-state index is 0. The summed E-state index contributed by atoms with van der Waals surface area (Å²) in [5.41, 5.74) is 3.59. The number of hydrogen-bond donors (Lipinski definition) is 2. The molecule has 71 heavy (non-hydrogen) atoms. The molecule has 0 radical (unpaired) electrons. The summed E-state index contributed by atoms with van der Waals surface area (Å²) in [6, 6.07) is 18.4. The summed E-state index contributed by atoms with van der Waals surface area (Å²) >= 11 is 0. The first-order valence-electron chi connectivity index (χ1n) is 25.6. The minimum Gasteiger partial charge on any atom is -0.481 e. The highest BCUT2D eigenvalue weighted by atomic mass is 35.5. The number of carbonyl (C=O) groups excluding carboxylic acids is 4. The van der Waals surface area contributed by atoms with E-state index in [9.17, 15) is 24.0 Å². The summed E-state index contributed by atoms with van der Waals surface area (Å²) in [6.07, 6.45) is 20.3. The van der Waals surface area contributed by atoms with E-state index in [0.717, 1.165) is 107 Å². The van der Waals surface area contributed by atoms with Crippen LogP contribution in [-0.4, -0.2) is 149 Å². The Morgan fingerprint density at radius 3 is 1.18 bits per heavy atom. The molecule has 3 aliphatic carbocycles. The molecule has 2 N–H and O–H groups in total. The van der Waals surface area contributed by atoms with Gasteiger partial charge in [-0.3, -0.25) is 53.6 Å². The summed E-state index contributed by atoms with van der Waals surface area (Å²) < 4.78 is 0. The van der Waals surface area contributed by atoms with Crippen molar-refractivity contribution in [2.75, 3.05) is 75.0 Å². The first kappa shape index (κ1) is 55.5. The van der Waals surface area contributed by atoms with Crippen LogP contribution in [0.5, 0.6) is 0 Å². The Kier molecular flexibility index (Phi) is 17.9. The number of carbonyl (C=O) groups is 5. The zero-order valence-corrected chi connectivity index (χ0v) is 44.3. The normalized spacial score (nSPS) is 30.3. The van der Waals surface area contributed by atoms with Crippen molar-refractivity contribution < 1.29 is 29.1 Å². The Labute approximate surface area is 428 Å². The second-order valence-electron chi connectivity index (χ2n) is 22.5. The molecule has 9 rings (SSSR count). The molecule has 388 valence electrons. The standard InChI is InChI=1S/C20H29N3O2.C19H27N3O3.C16H23N3O.ClH/c1-16(24)7-13-23-15-19(14-18(23)25)8-10-20(11-9-19,22(2)3)17-6-4-5-12-21-17;1-21(2)19(15-5-3-4-11-20-15)9-7-18(8-10-19)13-16(23)22(14-18)12-6-17(24)25;1-19(2)16(13-5-3-4-10-17-13)8-6-15(7-9-16)11-14(20)18-12-15;/h4-6,12H,7-11,13-15H2,1-3H3;3-5,11H,6-10,12-14H2,1-2H3,(H,24,25);3-5,10H,6-9,11-12H2,1-2H3,(H,18,20);1H. The number of hydrogen-bond acceptors (Lipinski definition) is 11. The van der Waals surface area contributed by atoms with Crippen molar-refractivity contribution in [3.63, 3.8) is 0 Å². The van der Waals surface area contributed by atoms with Gasteiger partial charge in [0.05, 0.1) is 40.1 Å². The number of pyridine rings is 3. The lowest BCUT2D eigenvalue weighted by Gasteiger charge is -2.48. The van der Waals surface area contributed by atoms with Gasteiger partial charge in [0.2, 0.25) is 17.7 Å². The molecule has 0 aromatic carbocycles. The van der Waals surface area contributed by atoms with Crippen molar-refractivity contribution in [2.24, 2.45) is 16.2 Å². The molecule has 3 aromatic heterocycles. The van der Waals surface area contributed by atoms with E-state index in [2.05, 4.69) is 108 Å². The van der Waals surface area contributed by atoms with Gasteiger partial charge >= 0.3 is 5.97 Å². The number of ketones is 1. The number of aromatic nitrogens is 3. The Bertz CT molecular complexity index is 2160. The minimum atomic E-state index is -0.848. The fourth-order valence-corrected chi connectivity index (χ4v) is 13.0. The van der Waals surface area contributed by atoms with E-state index >= 15 is 0 Å². The third-order valence-electron chi connectivity index (χ3n) is 17.7. The second kappa shape index (κ2) is 22.9. The predicted octanol–water partition coefficient (Wildman–Crippen LogP) is 7.06. The number of aliphatic carboxylic acids is 1. The van der Waals surface area contributed by atoms with E-state index in [1.54, 1.807) is 11.8 Å². The maximum atomic E-state index is 12.4. The highest BCUT2D eigenvalue weighted by molar-refractivity contribution is 5.85. The number of nitrogens with one attached hydrogen (secondary N) is 1. The first-order chi connectivity index (χ1) is 33.3. The molecule has 3 spiro atoms. The van der Waals surface area contributed by atoms with E-state index in [4.69, 9.17) is 5.11 Å². The van der Waals surface area contributed by atoms with Gasteiger partial charge in [-0.15, -0.1) is 12.4 Å². The molecule has 3 saturated heterocycles. The maximum Gasteiger partial charge on any atom is 0.305 e. The summed E-state index contributed by atoms with van der Waals surface area (Å²) in [5, 5.41) is 11.9. The number of amides is 3. The van der Waals surface area contributed by atoms with Crippen LogP contribution in [0.2, 0.25) is 0 Å². The molecule has 6 heterocycles. The van der Waals surface area contributed by atoms with E-state index < -0.39 is 5.97 Å². The number of likely N-dealkylation sites (tertiary alicyclic amines) is 2. The van der Waals surface area contributed by atoms with Crippen molar-refractivity contribution in [1.82, 2.24) is 44.8 Å². The van der Waals surface area contributed by atoms with Crippen molar-refractivity contribution in [1.29, 1.82) is 0 Å². The summed E-state index contributed by atoms with van der Waals surface area (Å²) in [5.74, 6) is -0.147. The number of halogens is 1. The van der Waals surface area contributed by atoms with E-state index in [0.29, 0.717) is 45.3 Å². The van der Waals surface area contributed by atoms with Gasteiger partial charge in [-0.25, -0.2) is 0 Å². The molecular weight excluding hydrogens is 918 g/mol. The van der Waals surface area contributed by atoms with Crippen molar-refractivity contribution in [3.8, 4) is 0 Å². The monoisotopic (exact) mass is 998 g/mol. The van der Waals surface area contributed by atoms with E-state index in [1.165, 1.54) is 0 Å². The van der Waals surface area contributed by atoms with Crippen LogP contribution < -0.4 is 5.32 Å². The number of rotatable bonds is 12. The van der Waals surface area contributed by atoms with Crippen LogP contribution in [0.3, 0.4) is 0 Å². The molecule has 3 aliphatic heterocycles. The molecular formula is C55H80ClN9O6. The fourth-order valence-electron chi connectivity index (χ4n) is 13.0. The number of carboxylic acid groups (broad SMARTS) is 1. The molecule has 6 fully saturated rings. The highest BCUT2D eigenvalue weighted by Gasteiger charge is 2.53. The summed E-state index contributed by atoms with van der Waals surface area (Å²) in [6.45, 7) is 4.87. The summed E-state index contributed by atoms with van der Waals surface area (Å²) in [7, 11) is 12.8. The van der Waals surface area contributed by atoms with Crippen LogP contribution in [0.25, 0.3) is 0 Å². The highest BCUT2D eigenvalue weighted by Crippen LogP contribution is 2.54. The molecule has 0 unspecified atom stereocenters. The van der Waals surface area contributed by atoms with E-state index in [1.807, 2.05) is 47.8 Å². The van der Waals surface area contributed by atoms with Gasteiger partial charge in [0.1, 0.15) is 5.78 Å². The van der Waals surface area contributed by atoms with Crippen LogP contribution >= 0.6 is 12.4 Å². The average molecular weight is 999 g/mol. The first-order valence-corrected chi connectivity index (χ1v) is 25.6. The van der Waals surface area contributed by atoms with Gasteiger partial charge in [0.15, 0.2) is 0 Å². The SMILES string of the molecule is CC(=O)CCN1CC2(CCC(c3ccccn3)(N(C)C)CC2)CC1=O.CN(C)C1(c2ccccn2)CCC2(CC1)CC(=O)N(CCC(=O)O)C2.CN(C)C1(c2ccccn2)CCC2(CC1)CNC(=O)C2.Cl. The van der Waals surface area contributed by atoms with Gasteiger partial charge in [0.25, 0.3) is 0 Å². The quantitative estimate of drug-likeness (QED) is 0.190. The second-order valence-corrected chi connectivity index (χ2v) is 22.5. The Balaban J connectivity index is 0.000000174. The predicted molar refractivity (Wildman–Crippen MR) is 276 cm³/mol. The molecule has 0 atom stereocenters. The Morgan fingerprint density at radius 2 is 0.901 bits per heavy atom. The van der Waals surface area contributed by atoms with Crippen LogP contribution in [0.15, 0.2) is 73.2 Å². The third-order valence-corrected chi connectivity index (χ3v) is 17.7. The molecule has 6 aliphatic rings. The molecule has 0 bridgehead atoms. The van der Waals surface area contributed by atoms with Gasteiger partial charge in [-0.05, 0) is 179 Å². The number of Topliss-reactive ketones (excluding diaryl/α,β-unsaturated/α-hetero) is 1. The number of nitrogens with zero attached hydrogens (tertiary/aromatic N) is 8. The Morgan fingerprint density at radius 1 is 0.549 bits per heavy atom. The zero-order valence-electron chi connectivity index (χ0n) is 43.5. The molecule has 3 saturated carbocycles. The lowest BCUT2D eigenvalue weighted by atomic mass is 9.65. The topological polar surface area (TPSA) is 172 Å². The van der Waals surface area contributed by atoms with Crippen molar-refractivity contribution in [3.05, 3.63) is 90.3 Å². The lowest BCUT2D eigenvalue weighted by Crippen LogP contribution is -2.48. The zero-order chi connectivity index (χ0) is 50.4. The van der Waals surface area contributed by atoms with Crippen LogP contribution in [-0.2, 0) is 40.6 Å². The smallest absolute Gasteiger partial charge is 0.305 e. The largest absolute Gasteiger partial charge is 0.481 e. The van der Waals surface area contributed by atoms with Crippen LogP contribution in [0, 0.1) is 16.2 Å². The van der Waals surface area contributed by atoms with Crippen molar-refractivity contribution >= 4 is 41.9 Å². The van der Waals surface area contributed by atoms with E-state index in [-0.39, 0.29) is 75.2 Å². The Hall–Kier alpha value is -4.83. The molecule has 3 amide bonds. The third kappa shape index (κ3) is 12.2. The fraction of sp³-hybridized carbons (Fsp3) is 0.636. The maximum absolute atomic E-state index is 12.4. The van der Waals surface area contributed by atoms with Crippen LogP contribution in [0.1, 0.15) is 133 Å².